The third-order valence-electron chi connectivity index (χ3n) is 1.62. The van der Waals surface area contributed by atoms with Crippen LogP contribution in [0, 0.1) is 0 Å². The van der Waals surface area contributed by atoms with Crippen LogP contribution in [0.5, 0.6) is 0 Å². The van der Waals surface area contributed by atoms with Crippen molar-refractivity contribution in [1.29, 1.82) is 0 Å². The van der Waals surface area contributed by atoms with Gasteiger partial charge in [-0.15, -0.1) is 21.5 Å². The van der Waals surface area contributed by atoms with Crippen LogP contribution >= 0.6 is 22.9 Å². The molecule has 0 aliphatic carbocycles. The molecule has 2 rings (SSSR count). The Hall–Kier alpha value is -0.980. The Morgan fingerprint density at radius 1 is 1.62 bits per heavy atom. The molecule has 1 unspecified atom stereocenters. The summed E-state index contributed by atoms with van der Waals surface area (Å²) in [5, 5.41) is 15.2. The summed E-state index contributed by atoms with van der Waals surface area (Å²) in [6, 6.07) is 1.45. The fraction of sp³-hybridized carbons (Fsp3) is 0.167. The van der Waals surface area contributed by atoms with Gasteiger partial charge in [-0.1, -0.05) is 16.8 Å². The number of H-pyrrole nitrogens is 1. The Morgan fingerprint density at radius 2 is 2.46 bits per heavy atom. The van der Waals surface area contributed by atoms with E-state index in [1.54, 1.807) is 0 Å². The van der Waals surface area contributed by atoms with Crippen molar-refractivity contribution in [1.82, 2.24) is 20.6 Å². The summed E-state index contributed by atoms with van der Waals surface area (Å²) in [6.45, 7) is 0. The number of nitrogens with one attached hydrogen (secondary N) is 1. The fourth-order valence-electron chi connectivity index (χ4n) is 0.967. The molecule has 1 atom stereocenters. The zero-order valence-corrected chi connectivity index (χ0v) is 8.01. The van der Waals surface area contributed by atoms with Crippen molar-refractivity contribution in [3.63, 3.8) is 0 Å². The first-order valence-electron chi connectivity index (χ1n) is 3.51. The van der Waals surface area contributed by atoms with Crippen molar-refractivity contribution in [3.05, 3.63) is 27.2 Å². The van der Waals surface area contributed by atoms with Crippen molar-refractivity contribution in [2.45, 2.75) is 6.04 Å². The van der Waals surface area contributed by atoms with Gasteiger partial charge in [-0.05, 0) is 11.4 Å². The van der Waals surface area contributed by atoms with Crippen LogP contribution in [0.3, 0.4) is 0 Å². The number of nitrogens with zero attached hydrogens (tertiary/aromatic N) is 3. The standard InChI is InChI=1S/C6H6ClN5S/c7-5-3(1-2-13-5)4(8)6-9-11-12-10-6/h1-2,4H,8H2,(H,9,10,11,12). The molecule has 2 aromatic heterocycles. The smallest absolute Gasteiger partial charge is 0.195 e. The minimum Gasteiger partial charge on any atom is -0.317 e. The zero-order chi connectivity index (χ0) is 9.26. The molecular weight excluding hydrogens is 210 g/mol. The summed E-state index contributed by atoms with van der Waals surface area (Å²) in [6.07, 6.45) is 0. The number of aromatic amines is 1. The van der Waals surface area contributed by atoms with Crippen LogP contribution in [0.15, 0.2) is 11.4 Å². The lowest BCUT2D eigenvalue weighted by atomic mass is 10.1. The number of hydrogen-bond donors (Lipinski definition) is 2. The normalized spacial score (nSPS) is 13.1. The molecule has 0 saturated carbocycles. The molecule has 0 spiro atoms. The summed E-state index contributed by atoms with van der Waals surface area (Å²) in [4.78, 5) is 0. The second kappa shape index (κ2) is 3.41. The first-order valence-corrected chi connectivity index (χ1v) is 4.76. The SMILES string of the molecule is NC(c1nn[nH]n1)c1ccsc1Cl. The molecule has 0 radical (unpaired) electrons. The molecule has 2 heterocycles. The van der Waals surface area contributed by atoms with E-state index in [0.717, 1.165) is 5.56 Å². The number of hydrogen-bond acceptors (Lipinski definition) is 5. The Kier molecular flexibility index (Phi) is 2.26. The minimum absolute atomic E-state index is 0.405. The molecule has 0 aliphatic rings. The van der Waals surface area contributed by atoms with E-state index in [-0.39, 0.29) is 0 Å². The van der Waals surface area contributed by atoms with E-state index < -0.39 is 6.04 Å². The van der Waals surface area contributed by atoms with Crippen molar-refractivity contribution in [2.24, 2.45) is 5.73 Å². The summed E-state index contributed by atoms with van der Waals surface area (Å²) >= 11 is 7.33. The average Bonchev–Trinajstić information content (AvgIpc) is 2.72. The van der Waals surface area contributed by atoms with Crippen molar-refractivity contribution < 1.29 is 0 Å². The highest BCUT2D eigenvalue weighted by molar-refractivity contribution is 7.14. The van der Waals surface area contributed by atoms with Gasteiger partial charge in [0.2, 0.25) is 0 Å². The van der Waals surface area contributed by atoms with E-state index in [0.29, 0.717) is 10.2 Å². The highest BCUT2D eigenvalue weighted by atomic mass is 35.5. The second-order valence-corrected chi connectivity index (χ2v) is 3.92. The lowest BCUT2D eigenvalue weighted by Gasteiger charge is -2.03. The number of aromatic nitrogens is 4. The van der Waals surface area contributed by atoms with E-state index >= 15 is 0 Å². The van der Waals surface area contributed by atoms with Crippen LogP contribution in [0.25, 0.3) is 0 Å². The quantitative estimate of drug-likeness (QED) is 0.782. The first-order chi connectivity index (χ1) is 6.29. The molecule has 13 heavy (non-hydrogen) atoms. The van der Waals surface area contributed by atoms with Gasteiger partial charge in [0.1, 0.15) is 0 Å². The van der Waals surface area contributed by atoms with Gasteiger partial charge in [0, 0.05) is 5.56 Å². The molecular formula is C6H6ClN5S. The molecule has 3 N–H and O–H groups in total. The summed E-state index contributed by atoms with van der Waals surface area (Å²) in [7, 11) is 0. The van der Waals surface area contributed by atoms with Crippen molar-refractivity contribution >= 4 is 22.9 Å². The zero-order valence-electron chi connectivity index (χ0n) is 6.44. The lowest BCUT2D eigenvalue weighted by Crippen LogP contribution is -2.13. The van der Waals surface area contributed by atoms with Gasteiger partial charge in [-0.3, -0.25) is 0 Å². The van der Waals surface area contributed by atoms with Gasteiger partial charge in [-0.25, -0.2) is 0 Å². The lowest BCUT2D eigenvalue weighted by molar-refractivity contribution is 0.789. The van der Waals surface area contributed by atoms with Gasteiger partial charge >= 0.3 is 0 Å². The molecule has 2 aromatic rings. The first kappa shape index (κ1) is 8.61. The van der Waals surface area contributed by atoms with Gasteiger partial charge in [-0.2, -0.15) is 5.21 Å². The van der Waals surface area contributed by atoms with Gasteiger partial charge in [0.15, 0.2) is 5.82 Å². The van der Waals surface area contributed by atoms with Crippen LogP contribution in [-0.2, 0) is 0 Å². The van der Waals surface area contributed by atoms with E-state index in [4.69, 9.17) is 17.3 Å². The van der Waals surface area contributed by atoms with E-state index in [1.807, 2.05) is 11.4 Å². The average molecular weight is 216 g/mol. The Balaban J connectivity index is 2.33. The number of nitrogens with two attached hydrogens (primary N) is 1. The molecule has 7 heteroatoms. The maximum atomic E-state index is 5.90. The van der Waals surface area contributed by atoms with E-state index in [2.05, 4.69) is 20.6 Å². The number of thiophene rings is 1. The third kappa shape index (κ3) is 1.55. The minimum atomic E-state index is -0.405. The third-order valence-corrected chi connectivity index (χ3v) is 2.82. The molecule has 68 valence electrons. The summed E-state index contributed by atoms with van der Waals surface area (Å²) < 4.78 is 0.664. The second-order valence-electron chi connectivity index (χ2n) is 2.40. The number of halogens is 1. The van der Waals surface area contributed by atoms with Gasteiger partial charge in [0.25, 0.3) is 0 Å². The Labute approximate surface area is 82.9 Å². The van der Waals surface area contributed by atoms with Gasteiger partial charge in [0.05, 0.1) is 10.4 Å². The maximum Gasteiger partial charge on any atom is 0.195 e. The largest absolute Gasteiger partial charge is 0.317 e. The molecule has 5 nitrogen and oxygen atoms in total. The molecule has 0 fully saturated rings. The van der Waals surface area contributed by atoms with Crippen LogP contribution in [-0.4, -0.2) is 20.6 Å². The summed E-state index contributed by atoms with van der Waals surface area (Å²) in [5.41, 5.74) is 6.67. The molecule has 0 bridgehead atoms. The van der Waals surface area contributed by atoms with E-state index in [1.165, 1.54) is 11.3 Å². The molecule has 0 amide bonds. The highest BCUT2D eigenvalue weighted by Gasteiger charge is 2.16. The topological polar surface area (TPSA) is 80.5 Å². The van der Waals surface area contributed by atoms with Crippen molar-refractivity contribution in [3.8, 4) is 0 Å². The molecule has 0 saturated heterocycles. The van der Waals surface area contributed by atoms with Gasteiger partial charge < -0.3 is 5.73 Å². The summed E-state index contributed by atoms with van der Waals surface area (Å²) in [5.74, 6) is 0.445. The van der Waals surface area contributed by atoms with E-state index in [9.17, 15) is 0 Å². The Bertz CT molecular complexity index is 383. The molecule has 0 aromatic carbocycles. The maximum absolute atomic E-state index is 5.90. The number of tetrazole rings is 1. The predicted molar refractivity (Wildman–Crippen MR) is 49.5 cm³/mol. The van der Waals surface area contributed by atoms with Crippen molar-refractivity contribution in [2.75, 3.05) is 0 Å². The highest BCUT2D eigenvalue weighted by Crippen LogP contribution is 2.28. The monoisotopic (exact) mass is 215 g/mol. The molecule has 0 aliphatic heterocycles. The van der Waals surface area contributed by atoms with Crippen LogP contribution in [0.2, 0.25) is 4.34 Å². The van der Waals surface area contributed by atoms with Crippen LogP contribution in [0.4, 0.5) is 0 Å². The number of rotatable bonds is 2. The fourth-order valence-corrected chi connectivity index (χ4v) is 1.97. The van der Waals surface area contributed by atoms with Crippen LogP contribution < -0.4 is 5.73 Å². The van der Waals surface area contributed by atoms with Crippen LogP contribution in [0.1, 0.15) is 17.4 Å². The predicted octanol–water partition coefficient (Wildman–Crippen LogP) is 0.963. The Morgan fingerprint density at radius 3 is 3.00 bits per heavy atom.